The second-order valence-corrected chi connectivity index (χ2v) is 7.07. The number of carbonyl (C=O) groups excluding carboxylic acids is 1. The molecule has 1 saturated heterocycles. The Morgan fingerprint density at radius 3 is 2.19 bits per heavy atom. The van der Waals surface area contributed by atoms with E-state index in [4.69, 9.17) is 5.73 Å². The Bertz CT molecular complexity index is 324. The van der Waals surface area contributed by atoms with E-state index in [9.17, 15) is 4.79 Å². The van der Waals surface area contributed by atoms with Crippen molar-refractivity contribution in [1.82, 2.24) is 15.1 Å². The van der Waals surface area contributed by atoms with Gasteiger partial charge in [-0.1, -0.05) is 0 Å². The molecule has 0 spiro atoms. The van der Waals surface area contributed by atoms with Gasteiger partial charge in [-0.05, 0) is 54.0 Å². The molecule has 1 heterocycles. The molecule has 1 fully saturated rings. The van der Waals surface area contributed by atoms with Crippen LogP contribution in [0.3, 0.4) is 0 Å². The number of rotatable bonds is 8. The smallest absolute Gasteiger partial charge is 0.237 e. The van der Waals surface area contributed by atoms with Gasteiger partial charge in [0.25, 0.3) is 0 Å². The maximum absolute atomic E-state index is 11.7. The first kappa shape index (κ1) is 18.4. The Morgan fingerprint density at radius 1 is 1.19 bits per heavy atom. The number of nitrogens with zero attached hydrogens (tertiary/aromatic N) is 2. The second kappa shape index (κ2) is 8.11. The number of hydrogen-bond acceptors (Lipinski definition) is 4. The Morgan fingerprint density at radius 2 is 1.76 bits per heavy atom. The fourth-order valence-corrected chi connectivity index (χ4v) is 3.06. The van der Waals surface area contributed by atoms with Crippen molar-refractivity contribution >= 4 is 5.91 Å². The van der Waals surface area contributed by atoms with Gasteiger partial charge in [-0.3, -0.25) is 9.69 Å². The Kier molecular flexibility index (Phi) is 7.10. The van der Waals surface area contributed by atoms with E-state index in [1.807, 2.05) is 20.8 Å². The molecule has 0 aromatic rings. The Balaban J connectivity index is 2.34. The molecule has 1 aliphatic rings. The lowest BCUT2D eigenvalue weighted by Gasteiger charge is -2.37. The van der Waals surface area contributed by atoms with Crippen molar-refractivity contribution in [2.75, 3.05) is 32.7 Å². The molecule has 1 amide bonds. The summed E-state index contributed by atoms with van der Waals surface area (Å²) in [6.07, 6.45) is 1.80. The molecular formula is C16H34N4O. The van der Waals surface area contributed by atoms with Crippen LogP contribution >= 0.6 is 0 Å². The van der Waals surface area contributed by atoms with Crippen LogP contribution in [-0.2, 0) is 4.79 Å². The molecule has 21 heavy (non-hydrogen) atoms. The summed E-state index contributed by atoms with van der Waals surface area (Å²) in [7, 11) is 0. The highest BCUT2D eigenvalue weighted by molar-refractivity contribution is 5.84. The first-order valence-corrected chi connectivity index (χ1v) is 8.28. The van der Waals surface area contributed by atoms with E-state index >= 15 is 0 Å². The largest absolute Gasteiger partial charge is 0.368 e. The van der Waals surface area contributed by atoms with Crippen LogP contribution in [0.2, 0.25) is 0 Å². The van der Waals surface area contributed by atoms with E-state index in [0.29, 0.717) is 6.04 Å². The predicted molar refractivity (Wildman–Crippen MR) is 88.3 cm³/mol. The van der Waals surface area contributed by atoms with Crippen LogP contribution in [0, 0.1) is 0 Å². The van der Waals surface area contributed by atoms with E-state index in [0.717, 1.165) is 45.6 Å². The lowest BCUT2D eigenvalue weighted by atomic mass is 9.93. The van der Waals surface area contributed by atoms with Crippen LogP contribution in [-0.4, -0.2) is 66.1 Å². The summed E-state index contributed by atoms with van der Waals surface area (Å²) >= 11 is 0. The Labute approximate surface area is 130 Å². The summed E-state index contributed by atoms with van der Waals surface area (Å²) in [5, 5.41) is 3.31. The number of amides is 1. The third kappa shape index (κ3) is 5.93. The lowest BCUT2D eigenvalue weighted by Crippen LogP contribution is -2.56. The number of primary amides is 1. The number of nitrogens with two attached hydrogens (primary N) is 1. The topological polar surface area (TPSA) is 61.6 Å². The van der Waals surface area contributed by atoms with E-state index in [2.05, 4.69) is 29.0 Å². The van der Waals surface area contributed by atoms with Crippen molar-refractivity contribution in [3.05, 3.63) is 0 Å². The summed E-state index contributed by atoms with van der Waals surface area (Å²) < 4.78 is 0. The highest BCUT2D eigenvalue weighted by Crippen LogP contribution is 2.15. The number of hydrogen-bond donors (Lipinski definition) is 2. The van der Waals surface area contributed by atoms with Crippen molar-refractivity contribution in [1.29, 1.82) is 0 Å². The van der Waals surface area contributed by atoms with Crippen molar-refractivity contribution in [2.24, 2.45) is 5.73 Å². The highest BCUT2D eigenvalue weighted by atomic mass is 16.1. The van der Waals surface area contributed by atoms with Crippen LogP contribution in [0.1, 0.15) is 47.5 Å². The van der Waals surface area contributed by atoms with Crippen LogP contribution in [0.25, 0.3) is 0 Å². The van der Waals surface area contributed by atoms with E-state index in [-0.39, 0.29) is 11.9 Å². The Hall–Kier alpha value is -0.650. The van der Waals surface area contributed by atoms with Gasteiger partial charge in [-0.15, -0.1) is 0 Å². The molecule has 0 bridgehead atoms. The zero-order valence-electron chi connectivity index (χ0n) is 14.5. The van der Waals surface area contributed by atoms with Gasteiger partial charge in [0, 0.05) is 38.3 Å². The van der Waals surface area contributed by atoms with Gasteiger partial charge in [0.1, 0.15) is 0 Å². The fourth-order valence-electron chi connectivity index (χ4n) is 3.06. The van der Waals surface area contributed by atoms with E-state index < -0.39 is 5.54 Å². The molecule has 124 valence electrons. The third-order valence-corrected chi connectivity index (χ3v) is 4.44. The van der Waals surface area contributed by atoms with E-state index in [1.54, 1.807) is 0 Å². The fraction of sp³-hybridized carbons (Fsp3) is 0.938. The molecule has 0 saturated carbocycles. The standard InChI is InChI=1S/C16H34N4O/c1-13(2)18-16(5,15(17)21)7-6-8-19-9-11-20(12-10-19)14(3)4/h13-14,18H,6-12H2,1-5H3,(H2,17,21). The first-order valence-electron chi connectivity index (χ1n) is 8.28. The van der Waals surface area contributed by atoms with E-state index in [1.165, 1.54) is 0 Å². The molecule has 3 N–H and O–H groups in total. The minimum atomic E-state index is -0.589. The second-order valence-electron chi connectivity index (χ2n) is 7.07. The van der Waals surface area contributed by atoms with Gasteiger partial charge in [0.15, 0.2) is 0 Å². The van der Waals surface area contributed by atoms with Crippen molar-refractivity contribution in [2.45, 2.75) is 65.1 Å². The minimum absolute atomic E-state index is 0.249. The maximum Gasteiger partial charge on any atom is 0.237 e. The minimum Gasteiger partial charge on any atom is -0.368 e. The van der Waals surface area contributed by atoms with Crippen LogP contribution in [0.5, 0.6) is 0 Å². The molecule has 5 heteroatoms. The molecule has 0 aliphatic carbocycles. The third-order valence-electron chi connectivity index (χ3n) is 4.44. The van der Waals surface area contributed by atoms with Crippen molar-refractivity contribution in [3.63, 3.8) is 0 Å². The average molecular weight is 298 g/mol. The summed E-state index contributed by atoms with van der Waals surface area (Å²) in [5.74, 6) is -0.249. The van der Waals surface area contributed by atoms with Crippen molar-refractivity contribution in [3.8, 4) is 0 Å². The van der Waals surface area contributed by atoms with Crippen LogP contribution < -0.4 is 11.1 Å². The molecule has 0 aromatic carbocycles. The van der Waals surface area contributed by atoms with Gasteiger partial charge in [0.05, 0.1) is 5.54 Å². The molecule has 1 atom stereocenters. The molecule has 5 nitrogen and oxygen atoms in total. The van der Waals surface area contributed by atoms with Crippen LogP contribution in [0.15, 0.2) is 0 Å². The molecule has 1 unspecified atom stereocenters. The maximum atomic E-state index is 11.7. The van der Waals surface area contributed by atoms with Gasteiger partial charge in [-0.25, -0.2) is 0 Å². The zero-order valence-corrected chi connectivity index (χ0v) is 14.5. The zero-order chi connectivity index (χ0) is 16.0. The predicted octanol–water partition coefficient (Wildman–Crippen LogP) is 1.03. The first-order chi connectivity index (χ1) is 9.74. The molecular weight excluding hydrogens is 264 g/mol. The molecule has 0 aromatic heterocycles. The normalized spacial score (nSPS) is 20.9. The number of nitrogens with one attached hydrogen (secondary N) is 1. The van der Waals surface area contributed by atoms with Gasteiger partial charge in [-0.2, -0.15) is 0 Å². The summed E-state index contributed by atoms with van der Waals surface area (Å²) in [4.78, 5) is 16.7. The molecule has 1 rings (SSSR count). The summed E-state index contributed by atoms with van der Waals surface area (Å²) in [6, 6.07) is 0.901. The highest BCUT2D eigenvalue weighted by Gasteiger charge is 2.31. The van der Waals surface area contributed by atoms with Crippen LogP contribution in [0.4, 0.5) is 0 Å². The summed E-state index contributed by atoms with van der Waals surface area (Å²) in [6.45, 7) is 16.1. The molecule has 1 aliphatic heterocycles. The SMILES string of the molecule is CC(C)NC(C)(CCCN1CCN(C(C)C)CC1)C(N)=O. The number of piperazine rings is 1. The average Bonchev–Trinajstić information content (AvgIpc) is 2.38. The van der Waals surface area contributed by atoms with Gasteiger partial charge >= 0.3 is 0 Å². The van der Waals surface area contributed by atoms with Gasteiger partial charge < -0.3 is 16.0 Å². The van der Waals surface area contributed by atoms with Crippen molar-refractivity contribution < 1.29 is 4.79 Å². The quantitative estimate of drug-likeness (QED) is 0.703. The lowest BCUT2D eigenvalue weighted by molar-refractivity contribution is -0.124. The number of carbonyl (C=O) groups is 1. The summed E-state index contributed by atoms with van der Waals surface area (Å²) in [5.41, 5.74) is 4.98. The monoisotopic (exact) mass is 298 g/mol. The van der Waals surface area contributed by atoms with Gasteiger partial charge in [0.2, 0.25) is 5.91 Å². The molecule has 0 radical (unpaired) electrons.